The van der Waals surface area contributed by atoms with E-state index >= 15 is 0 Å². The van der Waals surface area contributed by atoms with Crippen molar-refractivity contribution in [2.45, 2.75) is 31.2 Å². The molecule has 4 aromatic rings. The number of nitrogens with one attached hydrogen (secondary N) is 1. The number of aliphatic hydroxyl groups excluding tert-OH is 1. The molecule has 8 nitrogen and oxygen atoms in total. The summed E-state index contributed by atoms with van der Waals surface area (Å²) in [6, 6.07) is 12.7. The van der Waals surface area contributed by atoms with Crippen LogP contribution in [0.15, 0.2) is 57.6 Å². The molecule has 1 fully saturated rings. The van der Waals surface area contributed by atoms with Crippen molar-refractivity contribution < 1.29 is 32.1 Å². The highest BCUT2D eigenvalue weighted by Gasteiger charge is 2.43. The van der Waals surface area contributed by atoms with Crippen LogP contribution in [0.5, 0.6) is 5.75 Å². The Bertz CT molecular complexity index is 1380. The quantitative estimate of drug-likeness (QED) is 0.388. The topological polar surface area (TPSA) is 106 Å². The molecule has 2 aromatic heterocycles. The van der Waals surface area contributed by atoms with E-state index in [1.165, 1.54) is 25.0 Å². The van der Waals surface area contributed by atoms with E-state index in [2.05, 4.69) is 20.6 Å². The zero-order chi connectivity index (χ0) is 24.9. The average molecular weight is 498 g/mol. The largest absolute Gasteiger partial charge is 0.491 e. The van der Waals surface area contributed by atoms with Crippen LogP contribution in [-0.2, 0) is 6.18 Å². The zero-order valence-corrected chi connectivity index (χ0v) is 18.8. The third kappa shape index (κ3) is 4.24. The lowest BCUT2D eigenvalue weighted by atomic mass is 9.97. The van der Waals surface area contributed by atoms with Crippen LogP contribution < -0.4 is 10.1 Å². The summed E-state index contributed by atoms with van der Waals surface area (Å²) in [5, 5.41) is 21.6. The first-order chi connectivity index (χ1) is 17.4. The SMILES string of the molecule is O[C@H]1c2ccc(-c3noc(-c4onc(-c5ccccc5)c4C(F)(F)F)n3)cc2OC[C@H]1NCC1CC1. The predicted octanol–water partition coefficient (Wildman–Crippen LogP) is 4.87. The number of hydrogen-bond donors (Lipinski definition) is 2. The molecule has 186 valence electrons. The maximum atomic E-state index is 14.0. The van der Waals surface area contributed by atoms with Crippen LogP contribution in [-0.4, -0.2) is 39.6 Å². The summed E-state index contributed by atoms with van der Waals surface area (Å²) >= 11 is 0. The minimum Gasteiger partial charge on any atom is -0.491 e. The third-order valence-electron chi connectivity index (χ3n) is 6.40. The van der Waals surface area contributed by atoms with Gasteiger partial charge in [-0.05, 0) is 31.4 Å². The fraction of sp³-hybridized carbons (Fsp3) is 0.320. The van der Waals surface area contributed by atoms with Gasteiger partial charge in [-0.25, -0.2) is 0 Å². The van der Waals surface area contributed by atoms with Gasteiger partial charge in [-0.3, -0.25) is 0 Å². The van der Waals surface area contributed by atoms with Crippen LogP contribution in [0.2, 0.25) is 0 Å². The normalized spacial score (nSPS) is 19.7. The van der Waals surface area contributed by atoms with Gasteiger partial charge in [0.25, 0.3) is 5.89 Å². The van der Waals surface area contributed by atoms with Crippen molar-refractivity contribution in [3.05, 3.63) is 59.7 Å². The van der Waals surface area contributed by atoms with Gasteiger partial charge in [0.15, 0.2) is 0 Å². The summed E-state index contributed by atoms with van der Waals surface area (Å²) in [4.78, 5) is 4.13. The first-order valence-corrected chi connectivity index (χ1v) is 11.5. The predicted molar refractivity (Wildman–Crippen MR) is 121 cm³/mol. The summed E-state index contributed by atoms with van der Waals surface area (Å²) in [7, 11) is 0. The van der Waals surface area contributed by atoms with Gasteiger partial charge in [0.1, 0.15) is 29.7 Å². The summed E-state index contributed by atoms with van der Waals surface area (Å²) in [6.45, 7) is 1.13. The van der Waals surface area contributed by atoms with Crippen molar-refractivity contribution >= 4 is 0 Å². The Kier molecular flexibility index (Phi) is 5.53. The average Bonchev–Trinajstić information content (AvgIpc) is 3.37. The van der Waals surface area contributed by atoms with Gasteiger partial charge in [0.2, 0.25) is 11.6 Å². The van der Waals surface area contributed by atoms with E-state index in [0.29, 0.717) is 22.8 Å². The van der Waals surface area contributed by atoms with E-state index in [9.17, 15) is 18.3 Å². The fourth-order valence-electron chi connectivity index (χ4n) is 4.27. The molecular formula is C25H21F3N4O4. The molecule has 6 rings (SSSR count). The molecule has 2 atom stereocenters. The van der Waals surface area contributed by atoms with Crippen molar-refractivity contribution in [1.82, 2.24) is 20.6 Å². The summed E-state index contributed by atoms with van der Waals surface area (Å²) in [6.07, 6.45) is -3.11. The lowest BCUT2D eigenvalue weighted by molar-refractivity contribution is -0.136. The second-order valence-corrected chi connectivity index (χ2v) is 8.99. The number of nitrogens with zero attached hydrogens (tertiary/aromatic N) is 3. The van der Waals surface area contributed by atoms with Gasteiger partial charge >= 0.3 is 6.18 Å². The zero-order valence-electron chi connectivity index (χ0n) is 18.8. The number of benzene rings is 2. The number of hydrogen-bond acceptors (Lipinski definition) is 8. The van der Waals surface area contributed by atoms with Crippen LogP contribution in [0.3, 0.4) is 0 Å². The maximum absolute atomic E-state index is 14.0. The number of aliphatic hydroxyl groups is 1. The van der Waals surface area contributed by atoms with E-state index in [0.717, 1.165) is 6.54 Å². The number of ether oxygens (including phenoxy) is 1. The molecule has 0 unspecified atom stereocenters. The van der Waals surface area contributed by atoms with E-state index in [-0.39, 0.29) is 29.7 Å². The number of rotatable bonds is 6. The monoisotopic (exact) mass is 498 g/mol. The second-order valence-electron chi connectivity index (χ2n) is 8.99. The minimum absolute atomic E-state index is 0.0469. The first-order valence-electron chi connectivity index (χ1n) is 11.5. The van der Waals surface area contributed by atoms with Crippen LogP contribution in [0, 0.1) is 5.92 Å². The smallest absolute Gasteiger partial charge is 0.422 e. The molecular weight excluding hydrogens is 477 g/mol. The Labute approximate surface area is 203 Å². The molecule has 0 saturated heterocycles. The standard InChI is InChI=1S/C25H21F3N4O4/c26-25(27,28)19-20(14-4-2-1-3-5-14)31-35-22(19)24-30-23(32-36-24)15-8-9-16-18(10-15)34-12-17(21(16)33)29-11-13-6-7-13/h1-5,8-10,13,17,21,29,33H,6-7,11-12H2/t17-,21+/m1/s1. The van der Waals surface area contributed by atoms with Crippen molar-refractivity contribution in [1.29, 1.82) is 0 Å². The molecule has 11 heteroatoms. The van der Waals surface area contributed by atoms with Gasteiger partial charge < -0.3 is 24.2 Å². The van der Waals surface area contributed by atoms with Crippen LogP contribution in [0.25, 0.3) is 34.3 Å². The summed E-state index contributed by atoms with van der Waals surface area (Å²) in [5.41, 5.74) is -0.139. The van der Waals surface area contributed by atoms with E-state index in [4.69, 9.17) is 13.8 Å². The maximum Gasteiger partial charge on any atom is 0.422 e. The van der Waals surface area contributed by atoms with Crippen molar-refractivity contribution in [3.63, 3.8) is 0 Å². The third-order valence-corrected chi connectivity index (χ3v) is 6.40. The highest BCUT2D eigenvalue weighted by molar-refractivity contribution is 5.71. The Morgan fingerprint density at radius 2 is 1.81 bits per heavy atom. The molecule has 0 bridgehead atoms. The first kappa shape index (κ1) is 22.7. The Morgan fingerprint density at radius 1 is 1.00 bits per heavy atom. The van der Waals surface area contributed by atoms with E-state index in [1.54, 1.807) is 36.4 Å². The molecule has 1 aliphatic heterocycles. The molecule has 0 amide bonds. The molecule has 2 aliphatic rings. The molecule has 2 aromatic carbocycles. The molecule has 2 N–H and O–H groups in total. The van der Waals surface area contributed by atoms with Crippen LogP contribution >= 0.6 is 0 Å². The number of fused-ring (bicyclic) bond motifs is 1. The van der Waals surface area contributed by atoms with Crippen molar-refractivity contribution in [2.75, 3.05) is 13.2 Å². The number of aromatic nitrogens is 3. The lowest BCUT2D eigenvalue weighted by Gasteiger charge is -2.31. The van der Waals surface area contributed by atoms with Crippen LogP contribution in [0.4, 0.5) is 13.2 Å². The molecule has 36 heavy (non-hydrogen) atoms. The molecule has 3 heterocycles. The fourth-order valence-corrected chi connectivity index (χ4v) is 4.27. The number of alkyl halides is 3. The molecule has 0 radical (unpaired) electrons. The molecule has 1 aliphatic carbocycles. The highest BCUT2D eigenvalue weighted by atomic mass is 19.4. The Balaban J connectivity index is 1.29. The highest BCUT2D eigenvalue weighted by Crippen LogP contribution is 2.43. The van der Waals surface area contributed by atoms with Gasteiger partial charge in [0.05, 0.1) is 6.04 Å². The Hall–Kier alpha value is -3.70. The summed E-state index contributed by atoms with van der Waals surface area (Å²) in [5.74, 6) is 0.0622. The van der Waals surface area contributed by atoms with Gasteiger partial charge in [-0.2, -0.15) is 18.2 Å². The van der Waals surface area contributed by atoms with Gasteiger partial charge in [-0.15, -0.1) is 0 Å². The van der Waals surface area contributed by atoms with Gasteiger partial charge in [0, 0.05) is 16.7 Å². The lowest BCUT2D eigenvalue weighted by Crippen LogP contribution is -2.43. The van der Waals surface area contributed by atoms with E-state index < -0.39 is 29.5 Å². The number of halogens is 3. The Morgan fingerprint density at radius 3 is 2.56 bits per heavy atom. The summed E-state index contributed by atoms with van der Waals surface area (Å²) < 4.78 is 57.9. The minimum atomic E-state index is -4.77. The van der Waals surface area contributed by atoms with E-state index in [1.807, 2.05) is 0 Å². The second kappa shape index (κ2) is 8.75. The van der Waals surface area contributed by atoms with Crippen molar-refractivity contribution in [3.8, 4) is 40.0 Å². The van der Waals surface area contributed by atoms with Crippen LogP contribution in [0.1, 0.15) is 30.1 Å². The molecule has 0 spiro atoms. The van der Waals surface area contributed by atoms with Gasteiger partial charge in [-0.1, -0.05) is 52.8 Å². The van der Waals surface area contributed by atoms with Crippen molar-refractivity contribution in [2.24, 2.45) is 5.92 Å². The molecule has 1 saturated carbocycles.